The molecule has 0 aromatic heterocycles. The van der Waals surface area contributed by atoms with Gasteiger partial charge in [-0.2, -0.15) is 0 Å². The van der Waals surface area contributed by atoms with Crippen molar-refractivity contribution in [1.29, 1.82) is 0 Å². The Morgan fingerprint density at radius 2 is 1.75 bits per heavy atom. The predicted octanol–water partition coefficient (Wildman–Crippen LogP) is 2.12. The molecule has 6 nitrogen and oxygen atoms in total. The molecule has 1 spiro atoms. The van der Waals surface area contributed by atoms with E-state index in [4.69, 9.17) is 9.47 Å². The average Bonchev–Trinajstić information content (AvgIpc) is 3.01. The van der Waals surface area contributed by atoms with Crippen molar-refractivity contribution in [1.82, 2.24) is 0 Å². The standard InChI is InChI=1S/C18H24O6/c1-11-6-7-18(23-8-9-24-18)17(3,4)14(11)16(21)15(20)12(2)10-13(19)22-5/h10H,6-9H2,1-5H3/b12-10+. The van der Waals surface area contributed by atoms with E-state index in [1.54, 1.807) is 0 Å². The van der Waals surface area contributed by atoms with Gasteiger partial charge in [0.05, 0.1) is 20.3 Å². The van der Waals surface area contributed by atoms with Crippen molar-refractivity contribution < 1.29 is 28.6 Å². The number of carbonyl (C=O) groups excluding carboxylic acids is 3. The van der Waals surface area contributed by atoms with E-state index in [0.29, 0.717) is 31.6 Å². The predicted molar refractivity (Wildman–Crippen MR) is 86.1 cm³/mol. The first-order chi connectivity index (χ1) is 11.2. The van der Waals surface area contributed by atoms with Gasteiger partial charge < -0.3 is 14.2 Å². The van der Waals surface area contributed by atoms with E-state index in [2.05, 4.69) is 4.74 Å². The maximum Gasteiger partial charge on any atom is 0.330 e. The molecular weight excluding hydrogens is 312 g/mol. The molecule has 0 aromatic carbocycles. The smallest absolute Gasteiger partial charge is 0.330 e. The molecule has 1 fully saturated rings. The Morgan fingerprint density at radius 3 is 2.29 bits per heavy atom. The molecular formula is C18H24O6. The zero-order valence-corrected chi connectivity index (χ0v) is 14.9. The maximum atomic E-state index is 12.9. The van der Waals surface area contributed by atoms with E-state index in [9.17, 15) is 14.4 Å². The number of esters is 1. The Bertz CT molecular complexity index is 632. The van der Waals surface area contributed by atoms with Gasteiger partial charge in [0.15, 0.2) is 5.79 Å². The fourth-order valence-electron chi connectivity index (χ4n) is 3.54. The minimum Gasteiger partial charge on any atom is -0.466 e. The van der Waals surface area contributed by atoms with Gasteiger partial charge in [-0.25, -0.2) is 4.79 Å². The molecule has 2 rings (SSSR count). The molecule has 6 heteroatoms. The molecule has 1 aliphatic heterocycles. The summed E-state index contributed by atoms with van der Waals surface area (Å²) in [4.78, 5) is 36.7. The second-order valence-corrected chi connectivity index (χ2v) is 6.74. The molecule has 1 heterocycles. The Balaban J connectivity index is 2.38. The highest BCUT2D eigenvalue weighted by Crippen LogP contribution is 2.52. The third-order valence-corrected chi connectivity index (χ3v) is 4.91. The van der Waals surface area contributed by atoms with Crippen molar-refractivity contribution in [2.24, 2.45) is 5.41 Å². The third-order valence-electron chi connectivity index (χ3n) is 4.91. The fraction of sp³-hybridized carbons (Fsp3) is 0.611. The maximum absolute atomic E-state index is 12.9. The minimum absolute atomic E-state index is 0.0517. The summed E-state index contributed by atoms with van der Waals surface area (Å²) in [6.45, 7) is 7.95. The van der Waals surface area contributed by atoms with Crippen molar-refractivity contribution in [2.45, 2.75) is 46.3 Å². The second-order valence-electron chi connectivity index (χ2n) is 6.74. The first-order valence-electron chi connectivity index (χ1n) is 7.99. The number of allylic oxidation sites excluding steroid dienone is 2. The average molecular weight is 336 g/mol. The number of ketones is 2. The summed E-state index contributed by atoms with van der Waals surface area (Å²) in [5, 5.41) is 0. The molecule has 132 valence electrons. The SMILES string of the molecule is COC(=O)/C=C(\C)C(=O)C(=O)C1=C(C)CCC2(OCCO2)C1(C)C. The van der Waals surface area contributed by atoms with Crippen molar-refractivity contribution in [3.05, 3.63) is 22.8 Å². The zero-order valence-electron chi connectivity index (χ0n) is 14.9. The van der Waals surface area contributed by atoms with Gasteiger partial charge in [-0.1, -0.05) is 19.4 Å². The highest BCUT2D eigenvalue weighted by Gasteiger charge is 2.56. The van der Waals surface area contributed by atoms with E-state index in [1.807, 2.05) is 20.8 Å². The van der Waals surface area contributed by atoms with Crippen LogP contribution in [0.4, 0.5) is 0 Å². The van der Waals surface area contributed by atoms with Crippen LogP contribution in [0.5, 0.6) is 0 Å². The van der Waals surface area contributed by atoms with Crippen LogP contribution in [0.15, 0.2) is 22.8 Å². The van der Waals surface area contributed by atoms with Gasteiger partial charge in [-0.3, -0.25) is 9.59 Å². The van der Waals surface area contributed by atoms with Crippen LogP contribution in [0.2, 0.25) is 0 Å². The van der Waals surface area contributed by atoms with Crippen LogP contribution >= 0.6 is 0 Å². The molecule has 0 amide bonds. The summed E-state index contributed by atoms with van der Waals surface area (Å²) in [6, 6.07) is 0. The van der Waals surface area contributed by atoms with Crippen LogP contribution in [0.1, 0.15) is 40.5 Å². The molecule has 0 radical (unpaired) electrons. The van der Waals surface area contributed by atoms with E-state index in [-0.39, 0.29) is 5.57 Å². The lowest BCUT2D eigenvalue weighted by Gasteiger charge is -2.47. The molecule has 2 aliphatic rings. The highest BCUT2D eigenvalue weighted by atomic mass is 16.7. The first-order valence-corrected chi connectivity index (χ1v) is 7.99. The van der Waals surface area contributed by atoms with Gasteiger partial charge in [-0.05, 0) is 20.3 Å². The summed E-state index contributed by atoms with van der Waals surface area (Å²) in [6.07, 6.45) is 2.30. The summed E-state index contributed by atoms with van der Waals surface area (Å²) < 4.78 is 16.2. The van der Waals surface area contributed by atoms with Gasteiger partial charge in [0, 0.05) is 29.1 Å². The number of rotatable bonds is 4. The molecule has 0 atom stereocenters. The topological polar surface area (TPSA) is 78.9 Å². The van der Waals surface area contributed by atoms with E-state index < -0.39 is 28.7 Å². The van der Waals surface area contributed by atoms with E-state index in [0.717, 1.165) is 11.6 Å². The normalized spacial score (nSPS) is 22.6. The number of Topliss-reactive ketones (excluding diaryl/α,β-unsaturated/α-hetero) is 2. The van der Waals surface area contributed by atoms with Crippen LogP contribution in [-0.2, 0) is 28.6 Å². The highest BCUT2D eigenvalue weighted by molar-refractivity contribution is 6.49. The van der Waals surface area contributed by atoms with Gasteiger partial charge in [-0.15, -0.1) is 0 Å². The van der Waals surface area contributed by atoms with Gasteiger partial charge >= 0.3 is 5.97 Å². The van der Waals surface area contributed by atoms with Crippen molar-refractivity contribution in [2.75, 3.05) is 20.3 Å². The molecule has 0 N–H and O–H groups in total. The van der Waals surface area contributed by atoms with Crippen LogP contribution in [0.25, 0.3) is 0 Å². The van der Waals surface area contributed by atoms with Gasteiger partial charge in [0.2, 0.25) is 11.6 Å². The first kappa shape index (κ1) is 18.5. The van der Waals surface area contributed by atoms with Crippen LogP contribution in [0, 0.1) is 5.41 Å². The molecule has 1 saturated heterocycles. The Morgan fingerprint density at radius 1 is 1.17 bits per heavy atom. The molecule has 0 saturated carbocycles. The second kappa shape index (κ2) is 6.61. The van der Waals surface area contributed by atoms with Crippen LogP contribution in [-0.4, -0.2) is 43.6 Å². The number of carbonyl (C=O) groups is 3. The molecule has 24 heavy (non-hydrogen) atoms. The van der Waals surface area contributed by atoms with Crippen molar-refractivity contribution in [3.8, 4) is 0 Å². The number of hydrogen-bond acceptors (Lipinski definition) is 6. The number of methoxy groups -OCH3 is 1. The molecule has 1 aliphatic carbocycles. The van der Waals surface area contributed by atoms with Gasteiger partial charge in [0.25, 0.3) is 0 Å². The Hall–Kier alpha value is -1.79. The summed E-state index contributed by atoms with van der Waals surface area (Å²) >= 11 is 0. The Kier molecular flexibility index (Phi) is 5.11. The lowest BCUT2D eigenvalue weighted by Crippen LogP contribution is -2.51. The summed E-state index contributed by atoms with van der Waals surface area (Å²) in [5.74, 6) is -2.87. The molecule has 0 aromatic rings. The lowest BCUT2D eigenvalue weighted by atomic mass is 9.66. The number of ether oxygens (including phenoxy) is 3. The van der Waals surface area contributed by atoms with E-state index >= 15 is 0 Å². The quantitative estimate of drug-likeness (QED) is 0.444. The van der Waals surface area contributed by atoms with Gasteiger partial charge in [0.1, 0.15) is 0 Å². The summed E-state index contributed by atoms with van der Waals surface area (Å²) in [7, 11) is 1.22. The summed E-state index contributed by atoms with van der Waals surface area (Å²) in [5.41, 5.74) is 0.562. The fourth-order valence-corrected chi connectivity index (χ4v) is 3.54. The lowest BCUT2D eigenvalue weighted by molar-refractivity contribution is -0.224. The number of hydrogen-bond donors (Lipinski definition) is 0. The minimum atomic E-state index is -0.877. The van der Waals surface area contributed by atoms with Crippen LogP contribution in [0.3, 0.4) is 0 Å². The third kappa shape index (κ3) is 2.96. The van der Waals surface area contributed by atoms with Crippen molar-refractivity contribution >= 4 is 17.5 Å². The van der Waals surface area contributed by atoms with E-state index in [1.165, 1.54) is 14.0 Å². The zero-order chi connectivity index (χ0) is 18.1. The molecule has 0 unspecified atom stereocenters. The Labute approximate surface area is 141 Å². The van der Waals surface area contributed by atoms with Crippen LogP contribution < -0.4 is 0 Å². The van der Waals surface area contributed by atoms with Crippen molar-refractivity contribution in [3.63, 3.8) is 0 Å². The largest absolute Gasteiger partial charge is 0.466 e. The monoisotopic (exact) mass is 336 g/mol. The molecule has 0 bridgehead atoms.